The maximum atomic E-state index is 13.0. The smallest absolute Gasteiger partial charge is 0.268 e. The molecule has 7 nitrogen and oxygen atoms in total. The molecule has 1 aliphatic carbocycles. The Kier molecular flexibility index (Phi) is 6.08. The molecule has 2 aliphatic rings. The number of anilines is 1. The molecule has 0 bridgehead atoms. The van der Waals surface area contributed by atoms with Crippen molar-refractivity contribution in [3.05, 3.63) is 47.9 Å². The first-order valence-electron chi connectivity index (χ1n) is 10.7. The molecule has 2 amide bonds. The molecule has 1 aromatic heterocycles. The predicted molar refractivity (Wildman–Crippen MR) is 111 cm³/mol. The van der Waals surface area contributed by atoms with E-state index in [1.54, 1.807) is 30.3 Å². The molecule has 0 radical (unpaired) electrons. The monoisotopic (exact) mass is 412 g/mol. The van der Waals surface area contributed by atoms with Gasteiger partial charge >= 0.3 is 0 Å². The quantitative estimate of drug-likeness (QED) is 0.759. The van der Waals surface area contributed by atoms with Crippen molar-refractivity contribution in [2.75, 3.05) is 11.4 Å². The Labute approximate surface area is 176 Å². The van der Waals surface area contributed by atoms with Gasteiger partial charge in [-0.15, -0.1) is 0 Å². The van der Waals surface area contributed by atoms with E-state index in [4.69, 9.17) is 9.15 Å². The van der Waals surface area contributed by atoms with Gasteiger partial charge in [-0.05, 0) is 49.1 Å². The Morgan fingerprint density at radius 2 is 2.07 bits per heavy atom. The summed E-state index contributed by atoms with van der Waals surface area (Å²) in [4.78, 5) is 27.2. The van der Waals surface area contributed by atoms with E-state index in [0.717, 1.165) is 25.7 Å². The lowest BCUT2D eigenvalue weighted by Crippen LogP contribution is -2.51. The molecule has 7 heteroatoms. The number of nitrogens with zero attached hydrogens (tertiary/aromatic N) is 1. The summed E-state index contributed by atoms with van der Waals surface area (Å²) in [7, 11) is 0. The molecule has 1 fully saturated rings. The molecular weight excluding hydrogens is 384 g/mol. The second kappa shape index (κ2) is 8.92. The van der Waals surface area contributed by atoms with Crippen molar-refractivity contribution in [3.63, 3.8) is 0 Å². The maximum Gasteiger partial charge on any atom is 0.268 e. The summed E-state index contributed by atoms with van der Waals surface area (Å²) in [5.41, 5.74) is 1.05. The van der Waals surface area contributed by atoms with Gasteiger partial charge in [-0.2, -0.15) is 0 Å². The fourth-order valence-electron chi connectivity index (χ4n) is 4.21. The van der Waals surface area contributed by atoms with Gasteiger partial charge in [0.25, 0.3) is 5.91 Å². The molecule has 0 saturated heterocycles. The summed E-state index contributed by atoms with van der Waals surface area (Å²) >= 11 is 0. The number of hydrogen-bond donors (Lipinski definition) is 2. The molecule has 0 spiro atoms. The number of amides is 2. The number of aliphatic hydroxyl groups is 1. The van der Waals surface area contributed by atoms with Crippen molar-refractivity contribution >= 4 is 17.5 Å². The third-order valence-electron chi connectivity index (χ3n) is 5.86. The van der Waals surface area contributed by atoms with Gasteiger partial charge in [-0.25, -0.2) is 0 Å². The zero-order valence-electron chi connectivity index (χ0n) is 17.2. The number of carbonyl (C=O) groups is 2. The highest BCUT2D eigenvalue weighted by Gasteiger charge is 2.35. The van der Waals surface area contributed by atoms with Crippen LogP contribution in [-0.4, -0.2) is 35.6 Å². The van der Waals surface area contributed by atoms with Crippen LogP contribution in [0.15, 0.2) is 41.0 Å². The van der Waals surface area contributed by atoms with Crippen LogP contribution in [0.2, 0.25) is 0 Å². The molecule has 2 heterocycles. The van der Waals surface area contributed by atoms with Gasteiger partial charge in [0.05, 0.1) is 12.0 Å². The number of rotatable bonds is 6. The number of furan rings is 1. The van der Waals surface area contributed by atoms with Crippen LogP contribution in [0.25, 0.3) is 0 Å². The van der Waals surface area contributed by atoms with Crippen molar-refractivity contribution in [2.45, 2.75) is 63.7 Å². The Balaban J connectivity index is 1.58. The number of hydrogen-bond acceptors (Lipinski definition) is 5. The van der Waals surface area contributed by atoms with Crippen molar-refractivity contribution in [1.82, 2.24) is 5.32 Å². The molecule has 1 aromatic carbocycles. The molecule has 2 atom stereocenters. The van der Waals surface area contributed by atoms with Crippen molar-refractivity contribution in [3.8, 4) is 5.75 Å². The SMILES string of the molecule is CCC1Oc2ccc(C(O)c3ccco3)cc2N(CC(=O)NC2CCCCC2)C1=O. The Morgan fingerprint density at radius 1 is 1.27 bits per heavy atom. The first-order chi connectivity index (χ1) is 14.6. The molecular formula is C23H28N2O5. The van der Waals surface area contributed by atoms with E-state index < -0.39 is 12.2 Å². The summed E-state index contributed by atoms with van der Waals surface area (Å²) < 4.78 is 11.2. The number of fused-ring (bicyclic) bond motifs is 1. The van der Waals surface area contributed by atoms with Crippen LogP contribution in [0.1, 0.15) is 62.9 Å². The average Bonchev–Trinajstić information content (AvgIpc) is 3.30. The summed E-state index contributed by atoms with van der Waals surface area (Å²) in [6.45, 7) is 1.81. The molecule has 2 aromatic rings. The summed E-state index contributed by atoms with van der Waals surface area (Å²) in [5, 5.41) is 13.7. The van der Waals surface area contributed by atoms with Crippen LogP contribution in [-0.2, 0) is 9.59 Å². The molecule has 1 aliphatic heterocycles. The van der Waals surface area contributed by atoms with Gasteiger partial charge in [0.2, 0.25) is 5.91 Å². The molecule has 2 N–H and O–H groups in total. The summed E-state index contributed by atoms with van der Waals surface area (Å²) in [5.74, 6) is 0.525. The number of aliphatic hydroxyl groups excluding tert-OH is 1. The highest BCUT2D eigenvalue weighted by atomic mass is 16.5. The normalized spacial score (nSPS) is 20.4. The lowest BCUT2D eigenvalue weighted by molar-refractivity contribution is -0.129. The molecule has 160 valence electrons. The average molecular weight is 412 g/mol. The Bertz CT molecular complexity index is 889. The van der Waals surface area contributed by atoms with Crippen LogP contribution < -0.4 is 15.0 Å². The lowest BCUT2D eigenvalue weighted by atomic mass is 9.95. The standard InChI is InChI=1S/C23H28N2O5/c1-2-18-23(28)25(14-21(26)24-16-7-4-3-5-8-16)17-13-15(10-11-19(17)30-18)22(27)20-9-6-12-29-20/h6,9-13,16,18,22,27H,2-5,7-8,14H2,1H3,(H,24,26). The van der Waals surface area contributed by atoms with Gasteiger partial charge in [0.15, 0.2) is 6.10 Å². The zero-order chi connectivity index (χ0) is 21.1. The van der Waals surface area contributed by atoms with Crippen LogP contribution >= 0.6 is 0 Å². The van der Waals surface area contributed by atoms with E-state index >= 15 is 0 Å². The summed E-state index contributed by atoms with van der Waals surface area (Å²) in [6.07, 6.45) is 5.83. The van der Waals surface area contributed by atoms with Gasteiger partial charge in [0, 0.05) is 6.04 Å². The predicted octanol–water partition coefficient (Wildman–Crippen LogP) is 3.31. The van der Waals surface area contributed by atoms with Crippen LogP contribution in [0.4, 0.5) is 5.69 Å². The van der Waals surface area contributed by atoms with Crippen LogP contribution in [0, 0.1) is 0 Å². The first-order valence-corrected chi connectivity index (χ1v) is 10.7. The fourth-order valence-corrected chi connectivity index (χ4v) is 4.21. The minimum Gasteiger partial charge on any atom is -0.478 e. The molecule has 2 unspecified atom stereocenters. The van der Waals surface area contributed by atoms with E-state index in [0.29, 0.717) is 29.2 Å². The highest BCUT2D eigenvalue weighted by molar-refractivity contribution is 6.04. The first kappa shape index (κ1) is 20.5. The van der Waals surface area contributed by atoms with Gasteiger partial charge < -0.3 is 19.6 Å². The second-order valence-electron chi connectivity index (χ2n) is 7.99. The third kappa shape index (κ3) is 4.21. The van der Waals surface area contributed by atoms with E-state index in [-0.39, 0.29) is 24.4 Å². The highest BCUT2D eigenvalue weighted by Crippen LogP contribution is 2.38. The Morgan fingerprint density at radius 3 is 2.77 bits per heavy atom. The lowest BCUT2D eigenvalue weighted by Gasteiger charge is -2.34. The van der Waals surface area contributed by atoms with Gasteiger partial charge in [0.1, 0.15) is 24.2 Å². The number of nitrogens with one attached hydrogen (secondary N) is 1. The second-order valence-corrected chi connectivity index (χ2v) is 7.99. The van der Waals surface area contributed by atoms with Crippen molar-refractivity contribution in [2.24, 2.45) is 0 Å². The van der Waals surface area contributed by atoms with E-state index in [1.165, 1.54) is 17.6 Å². The van der Waals surface area contributed by atoms with Gasteiger partial charge in [-0.3, -0.25) is 14.5 Å². The number of benzene rings is 1. The van der Waals surface area contributed by atoms with E-state index in [2.05, 4.69) is 5.32 Å². The molecule has 30 heavy (non-hydrogen) atoms. The van der Waals surface area contributed by atoms with E-state index in [1.807, 2.05) is 6.92 Å². The minimum atomic E-state index is -0.970. The minimum absolute atomic E-state index is 0.0670. The van der Waals surface area contributed by atoms with Crippen molar-refractivity contribution in [1.29, 1.82) is 0 Å². The van der Waals surface area contributed by atoms with E-state index in [9.17, 15) is 14.7 Å². The Hall–Kier alpha value is -2.80. The third-order valence-corrected chi connectivity index (χ3v) is 5.86. The van der Waals surface area contributed by atoms with Gasteiger partial charge in [-0.1, -0.05) is 32.3 Å². The van der Waals surface area contributed by atoms with Crippen molar-refractivity contribution < 1.29 is 23.8 Å². The molecule has 1 saturated carbocycles. The zero-order valence-corrected chi connectivity index (χ0v) is 17.2. The maximum absolute atomic E-state index is 13.0. The topological polar surface area (TPSA) is 92.0 Å². The van der Waals surface area contributed by atoms with Crippen LogP contribution in [0.3, 0.4) is 0 Å². The molecule has 4 rings (SSSR count). The number of ether oxygens (including phenoxy) is 1. The fraction of sp³-hybridized carbons (Fsp3) is 0.478. The largest absolute Gasteiger partial charge is 0.478 e. The van der Waals surface area contributed by atoms with Crippen LogP contribution in [0.5, 0.6) is 5.75 Å². The summed E-state index contributed by atoms with van der Waals surface area (Å²) in [6, 6.07) is 8.74. The number of carbonyl (C=O) groups excluding carboxylic acids is 2.